The van der Waals surface area contributed by atoms with Crippen molar-refractivity contribution in [3.8, 4) is 0 Å². The van der Waals surface area contributed by atoms with E-state index in [0.29, 0.717) is 6.42 Å². The number of benzene rings is 2. The van der Waals surface area contributed by atoms with Crippen LogP contribution < -0.4 is 10.4 Å². The van der Waals surface area contributed by atoms with Gasteiger partial charge in [0.1, 0.15) is 0 Å². The summed E-state index contributed by atoms with van der Waals surface area (Å²) in [6, 6.07) is 19.7. The van der Waals surface area contributed by atoms with Crippen LogP contribution in [0, 0.1) is 5.41 Å². The van der Waals surface area contributed by atoms with Crippen molar-refractivity contribution < 1.29 is 9.63 Å². The molecule has 2 aromatic carbocycles. The third kappa shape index (κ3) is 3.91. The second-order valence-corrected chi connectivity index (χ2v) is 7.02. The summed E-state index contributed by atoms with van der Waals surface area (Å²) in [7, 11) is 0. The van der Waals surface area contributed by atoms with E-state index in [1.165, 1.54) is 5.06 Å². The standard InChI is InChI=1S/C22H28N2O2/c1-3-15-22(16-4-2)17-20(23-18-11-7-5-8-12-18)26-24(21(22)25)19-13-9-6-10-14-19/h5-14,20,23H,3-4,15-17H2,1-2H3. The van der Waals surface area contributed by atoms with Crippen LogP contribution >= 0.6 is 0 Å². The normalized spacial score (nSPS) is 19.4. The SMILES string of the molecule is CCCC1(CCC)CC(Nc2ccccc2)ON(c2ccccc2)C1=O. The highest BCUT2D eigenvalue weighted by molar-refractivity contribution is 5.96. The van der Waals surface area contributed by atoms with Gasteiger partial charge in [-0.05, 0) is 37.1 Å². The van der Waals surface area contributed by atoms with E-state index < -0.39 is 0 Å². The largest absolute Gasteiger partial charge is 0.358 e. The number of nitrogens with zero attached hydrogens (tertiary/aromatic N) is 1. The van der Waals surface area contributed by atoms with Crippen LogP contribution in [0.4, 0.5) is 11.4 Å². The number of anilines is 2. The highest BCUT2D eigenvalue weighted by Gasteiger charge is 2.47. The molecule has 4 heteroatoms. The zero-order chi connectivity index (χ0) is 18.4. The van der Waals surface area contributed by atoms with Gasteiger partial charge in [-0.25, -0.2) is 4.84 Å². The lowest BCUT2D eigenvalue weighted by Gasteiger charge is -2.44. The molecule has 1 aliphatic heterocycles. The van der Waals surface area contributed by atoms with E-state index in [1.54, 1.807) is 0 Å². The molecule has 1 N–H and O–H groups in total. The van der Waals surface area contributed by atoms with Crippen molar-refractivity contribution in [1.29, 1.82) is 0 Å². The number of carbonyl (C=O) groups excluding carboxylic acids is 1. The van der Waals surface area contributed by atoms with Gasteiger partial charge in [0.05, 0.1) is 11.1 Å². The first-order chi connectivity index (χ1) is 12.7. The van der Waals surface area contributed by atoms with Gasteiger partial charge < -0.3 is 5.32 Å². The molecule has 0 bridgehead atoms. The molecular weight excluding hydrogens is 324 g/mol. The Morgan fingerprint density at radius 3 is 2.15 bits per heavy atom. The Labute approximate surface area is 156 Å². The average molecular weight is 352 g/mol. The molecule has 2 aromatic rings. The number of hydrogen-bond donors (Lipinski definition) is 1. The lowest BCUT2D eigenvalue weighted by molar-refractivity contribution is -0.151. The molecule has 0 aromatic heterocycles. The van der Waals surface area contributed by atoms with Gasteiger partial charge in [-0.1, -0.05) is 63.1 Å². The first kappa shape index (κ1) is 18.5. The minimum absolute atomic E-state index is 0.0820. The number of rotatable bonds is 7. The summed E-state index contributed by atoms with van der Waals surface area (Å²) in [6.07, 6.45) is 4.15. The Hall–Kier alpha value is -2.33. The van der Waals surface area contributed by atoms with Crippen LogP contribution in [0.3, 0.4) is 0 Å². The van der Waals surface area contributed by atoms with Gasteiger partial charge in [-0.3, -0.25) is 4.79 Å². The maximum atomic E-state index is 13.4. The zero-order valence-electron chi connectivity index (χ0n) is 15.7. The molecule has 1 heterocycles. The molecule has 1 saturated heterocycles. The number of nitrogens with one attached hydrogen (secondary N) is 1. The monoisotopic (exact) mass is 352 g/mol. The van der Waals surface area contributed by atoms with Crippen molar-refractivity contribution >= 4 is 17.3 Å². The molecule has 1 unspecified atom stereocenters. The van der Waals surface area contributed by atoms with Gasteiger partial charge in [-0.15, -0.1) is 0 Å². The first-order valence-electron chi connectivity index (χ1n) is 9.56. The number of carbonyl (C=O) groups is 1. The molecule has 1 fully saturated rings. The molecule has 1 atom stereocenters. The Balaban J connectivity index is 1.92. The number of hydrogen-bond acceptors (Lipinski definition) is 3. The van der Waals surface area contributed by atoms with Gasteiger partial charge in [0.25, 0.3) is 5.91 Å². The summed E-state index contributed by atoms with van der Waals surface area (Å²) >= 11 is 0. The molecule has 0 saturated carbocycles. The lowest BCUT2D eigenvalue weighted by atomic mass is 9.74. The second-order valence-electron chi connectivity index (χ2n) is 7.02. The van der Waals surface area contributed by atoms with Crippen LogP contribution in [0.1, 0.15) is 46.0 Å². The van der Waals surface area contributed by atoms with Gasteiger partial charge >= 0.3 is 0 Å². The molecule has 3 rings (SSSR count). The molecule has 138 valence electrons. The van der Waals surface area contributed by atoms with Crippen molar-refractivity contribution in [3.05, 3.63) is 60.7 Å². The molecule has 0 aliphatic carbocycles. The predicted molar refractivity (Wildman–Crippen MR) is 106 cm³/mol. The summed E-state index contributed by atoms with van der Waals surface area (Å²) in [5.74, 6) is 0.0820. The third-order valence-electron chi connectivity index (χ3n) is 5.00. The van der Waals surface area contributed by atoms with Gasteiger partial charge in [0.2, 0.25) is 0 Å². The predicted octanol–water partition coefficient (Wildman–Crippen LogP) is 5.38. The van der Waals surface area contributed by atoms with E-state index in [4.69, 9.17) is 4.84 Å². The van der Waals surface area contributed by atoms with Gasteiger partial charge in [0.15, 0.2) is 6.23 Å². The maximum absolute atomic E-state index is 13.4. The van der Waals surface area contributed by atoms with Gasteiger partial charge in [0, 0.05) is 12.1 Å². The number of hydroxylamine groups is 1. The van der Waals surface area contributed by atoms with Crippen molar-refractivity contribution in [2.24, 2.45) is 5.41 Å². The second kappa shape index (κ2) is 8.37. The van der Waals surface area contributed by atoms with E-state index in [0.717, 1.165) is 37.1 Å². The van der Waals surface area contributed by atoms with Crippen molar-refractivity contribution in [3.63, 3.8) is 0 Å². The summed E-state index contributed by atoms with van der Waals surface area (Å²) in [5.41, 5.74) is 1.40. The van der Waals surface area contributed by atoms with Crippen molar-refractivity contribution in [2.75, 3.05) is 10.4 Å². The van der Waals surface area contributed by atoms with E-state index in [1.807, 2.05) is 60.7 Å². The maximum Gasteiger partial charge on any atom is 0.257 e. The fourth-order valence-corrected chi connectivity index (χ4v) is 3.91. The molecule has 1 aliphatic rings. The Kier molecular flexibility index (Phi) is 5.94. The van der Waals surface area contributed by atoms with Crippen LogP contribution in [0.25, 0.3) is 0 Å². The van der Waals surface area contributed by atoms with Crippen LogP contribution in [0.5, 0.6) is 0 Å². The van der Waals surface area contributed by atoms with E-state index >= 15 is 0 Å². The smallest absolute Gasteiger partial charge is 0.257 e. The molecule has 4 nitrogen and oxygen atoms in total. The Morgan fingerprint density at radius 1 is 1.00 bits per heavy atom. The molecule has 0 radical (unpaired) electrons. The Bertz CT molecular complexity index is 697. The molecule has 0 spiro atoms. The first-order valence-corrected chi connectivity index (χ1v) is 9.56. The van der Waals surface area contributed by atoms with Crippen molar-refractivity contribution in [1.82, 2.24) is 0 Å². The van der Waals surface area contributed by atoms with Gasteiger partial charge in [-0.2, -0.15) is 5.06 Å². The van der Waals surface area contributed by atoms with Crippen LogP contribution in [-0.4, -0.2) is 12.1 Å². The molecule has 26 heavy (non-hydrogen) atoms. The summed E-state index contributed by atoms with van der Waals surface area (Å²) in [6.45, 7) is 4.29. The van der Waals surface area contributed by atoms with Crippen LogP contribution in [-0.2, 0) is 9.63 Å². The van der Waals surface area contributed by atoms with E-state index in [2.05, 4.69) is 19.2 Å². The van der Waals surface area contributed by atoms with Crippen LogP contribution in [0.15, 0.2) is 60.7 Å². The topological polar surface area (TPSA) is 41.6 Å². The van der Waals surface area contributed by atoms with E-state index in [-0.39, 0.29) is 17.6 Å². The quantitative estimate of drug-likeness (QED) is 0.727. The minimum atomic E-state index is -0.385. The summed E-state index contributed by atoms with van der Waals surface area (Å²) in [4.78, 5) is 19.5. The Morgan fingerprint density at radius 2 is 1.58 bits per heavy atom. The third-order valence-corrected chi connectivity index (χ3v) is 5.00. The lowest BCUT2D eigenvalue weighted by Crippen LogP contribution is -2.54. The highest BCUT2D eigenvalue weighted by Crippen LogP contribution is 2.42. The summed E-state index contributed by atoms with van der Waals surface area (Å²) < 4.78 is 0. The summed E-state index contributed by atoms with van der Waals surface area (Å²) in [5, 5.41) is 4.97. The fourth-order valence-electron chi connectivity index (χ4n) is 3.91. The van der Waals surface area contributed by atoms with Crippen LogP contribution in [0.2, 0.25) is 0 Å². The minimum Gasteiger partial charge on any atom is -0.358 e. The zero-order valence-corrected chi connectivity index (χ0v) is 15.7. The number of para-hydroxylation sites is 2. The number of amides is 1. The van der Waals surface area contributed by atoms with E-state index in [9.17, 15) is 4.79 Å². The average Bonchev–Trinajstić information content (AvgIpc) is 2.66. The van der Waals surface area contributed by atoms with Crippen molar-refractivity contribution in [2.45, 2.75) is 52.2 Å². The highest BCUT2D eigenvalue weighted by atomic mass is 16.7. The molecule has 1 amide bonds. The molecular formula is C22H28N2O2. The fraction of sp³-hybridized carbons (Fsp3) is 0.409.